The second kappa shape index (κ2) is 2.92. The summed E-state index contributed by atoms with van der Waals surface area (Å²) in [5.41, 5.74) is -0.549. The number of halogens is 3. The van der Waals surface area contributed by atoms with E-state index >= 15 is 0 Å². The predicted octanol–water partition coefficient (Wildman–Crippen LogP) is 1.74. The van der Waals surface area contributed by atoms with Crippen LogP contribution in [0.3, 0.4) is 0 Å². The first-order chi connectivity index (χ1) is 5.13. The third-order valence-electron chi connectivity index (χ3n) is 1.05. The Hall–Kier alpha value is -1.03. The number of aromatic nitrogens is 1. The van der Waals surface area contributed by atoms with E-state index in [0.29, 0.717) is 6.20 Å². The maximum absolute atomic E-state index is 12.5. The van der Waals surface area contributed by atoms with E-state index in [1.54, 1.807) is 0 Å². The van der Waals surface area contributed by atoms with Gasteiger partial charge in [-0.2, -0.15) is 0 Å². The highest BCUT2D eigenvalue weighted by Gasteiger charge is 2.12. The van der Waals surface area contributed by atoms with Crippen molar-refractivity contribution in [3.8, 4) is 0 Å². The van der Waals surface area contributed by atoms with Crippen molar-refractivity contribution >= 4 is 16.8 Å². The van der Waals surface area contributed by atoms with Gasteiger partial charge in [-0.05, 0) is 11.6 Å². The van der Waals surface area contributed by atoms with Crippen molar-refractivity contribution in [3.63, 3.8) is 0 Å². The molecule has 1 aromatic rings. The number of nitrogens with zero attached hydrogens (tertiary/aromatic N) is 1. The van der Waals surface area contributed by atoms with Crippen molar-refractivity contribution in [2.24, 2.45) is 0 Å². The standard InChI is InChI=1S/C6H2ClF2NO/c7-6(11)3-1-10-2-4(8)5(3)9/h1-2H. The van der Waals surface area contributed by atoms with Gasteiger partial charge in [0.25, 0.3) is 5.24 Å². The summed E-state index contributed by atoms with van der Waals surface area (Å²) in [4.78, 5) is 13.6. The predicted molar refractivity (Wildman–Crippen MR) is 34.3 cm³/mol. The molecule has 1 rings (SSSR count). The first kappa shape index (κ1) is 8.07. The molecule has 0 aromatic carbocycles. The average molecular weight is 178 g/mol. The van der Waals surface area contributed by atoms with Gasteiger partial charge < -0.3 is 0 Å². The van der Waals surface area contributed by atoms with Crippen molar-refractivity contribution in [1.29, 1.82) is 0 Å². The molecule has 0 N–H and O–H groups in total. The van der Waals surface area contributed by atoms with Gasteiger partial charge in [-0.3, -0.25) is 9.78 Å². The molecule has 0 amide bonds. The van der Waals surface area contributed by atoms with Crippen LogP contribution in [0, 0.1) is 11.6 Å². The van der Waals surface area contributed by atoms with Gasteiger partial charge in [0.2, 0.25) is 0 Å². The highest BCUT2D eigenvalue weighted by Crippen LogP contribution is 2.11. The zero-order valence-electron chi connectivity index (χ0n) is 5.14. The summed E-state index contributed by atoms with van der Waals surface area (Å²) < 4.78 is 24.8. The van der Waals surface area contributed by atoms with E-state index < -0.39 is 22.4 Å². The van der Waals surface area contributed by atoms with E-state index in [9.17, 15) is 13.6 Å². The molecule has 0 radical (unpaired) electrons. The van der Waals surface area contributed by atoms with E-state index in [2.05, 4.69) is 4.98 Å². The monoisotopic (exact) mass is 177 g/mol. The van der Waals surface area contributed by atoms with Crippen LogP contribution in [0.5, 0.6) is 0 Å². The van der Waals surface area contributed by atoms with Crippen LogP contribution in [0.15, 0.2) is 12.4 Å². The Morgan fingerprint density at radius 3 is 2.55 bits per heavy atom. The molecule has 0 saturated carbocycles. The Kier molecular flexibility index (Phi) is 2.14. The Morgan fingerprint density at radius 2 is 2.09 bits per heavy atom. The second-order valence-electron chi connectivity index (χ2n) is 1.76. The molecular weight excluding hydrogens is 176 g/mol. The first-order valence-electron chi connectivity index (χ1n) is 2.61. The van der Waals surface area contributed by atoms with Crippen LogP contribution in [-0.2, 0) is 0 Å². The molecule has 2 nitrogen and oxygen atoms in total. The summed E-state index contributed by atoms with van der Waals surface area (Å²) in [6.45, 7) is 0. The van der Waals surface area contributed by atoms with E-state index in [1.165, 1.54) is 0 Å². The van der Waals surface area contributed by atoms with E-state index in [4.69, 9.17) is 11.6 Å². The van der Waals surface area contributed by atoms with Gasteiger partial charge in [-0.25, -0.2) is 8.78 Å². The van der Waals surface area contributed by atoms with Gasteiger partial charge in [0.1, 0.15) is 0 Å². The lowest BCUT2D eigenvalue weighted by Gasteiger charge is -1.94. The van der Waals surface area contributed by atoms with E-state index in [1.807, 2.05) is 0 Å². The van der Waals surface area contributed by atoms with Crippen LogP contribution in [0.2, 0.25) is 0 Å². The van der Waals surface area contributed by atoms with Crippen LogP contribution in [-0.4, -0.2) is 10.2 Å². The molecule has 11 heavy (non-hydrogen) atoms. The molecule has 0 aliphatic rings. The molecule has 5 heteroatoms. The lowest BCUT2D eigenvalue weighted by atomic mass is 10.3. The molecule has 0 aliphatic heterocycles. The Bertz CT molecular complexity index is 303. The van der Waals surface area contributed by atoms with Gasteiger partial charge in [0, 0.05) is 6.20 Å². The molecule has 0 aliphatic carbocycles. The molecule has 0 fully saturated rings. The quantitative estimate of drug-likeness (QED) is 0.612. The van der Waals surface area contributed by atoms with Crippen molar-refractivity contribution in [2.75, 3.05) is 0 Å². The number of carbonyl (C=O) groups is 1. The van der Waals surface area contributed by atoms with Crippen molar-refractivity contribution in [3.05, 3.63) is 29.6 Å². The smallest absolute Gasteiger partial charge is 0.257 e. The van der Waals surface area contributed by atoms with Crippen molar-refractivity contribution < 1.29 is 13.6 Å². The number of hydrogen-bond acceptors (Lipinski definition) is 2. The summed E-state index contributed by atoms with van der Waals surface area (Å²) in [5, 5.41) is -1.06. The van der Waals surface area contributed by atoms with Crippen LogP contribution < -0.4 is 0 Å². The molecule has 0 unspecified atom stereocenters. The summed E-state index contributed by atoms with van der Waals surface area (Å²) in [6.07, 6.45) is 1.53. The molecular formula is C6H2ClF2NO. The number of rotatable bonds is 1. The Morgan fingerprint density at radius 1 is 1.45 bits per heavy atom. The summed E-state index contributed by atoms with van der Waals surface area (Å²) in [5.74, 6) is -2.45. The fourth-order valence-electron chi connectivity index (χ4n) is 0.556. The van der Waals surface area contributed by atoms with Gasteiger partial charge in [0.05, 0.1) is 11.8 Å². The normalized spacial score (nSPS) is 9.73. The largest absolute Gasteiger partial charge is 0.275 e. The fraction of sp³-hybridized carbons (Fsp3) is 0. The minimum Gasteiger partial charge on any atom is -0.275 e. The molecule has 0 spiro atoms. The number of hydrogen-bond donors (Lipinski definition) is 0. The van der Waals surface area contributed by atoms with Gasteiger partial charge >= 0.3 is 0 Å². The average Bonchev–Trinajstić information content (AvgIpc) is 1.94. The number of carbonyl (C=O) groups excluding carboxylic acids is 1. The Labute approximate surface area is 65.8 Å². The van der Waals surface area contributed by atoms with Crippen molar-refractivity contribution in [2.45, 2.75) is 0 Å². The molecule has 58 valence electrons. The zero-order chi connectivity index (χ0) is 8.43. The number of pyridine rings is 1. The van der Waals surface area contributed by atoms with Gasteiger partial charge in [0.15, 0.2) is 11.6 Å². The minimum atomic E-state index is -1.26. The van der Waals surface area contributed by atoms with E-state index in [-0.39, 0.29) is 0 Å². The highest BCUT2D eigenvalue weighted by molar-refractivity contribution is 6.67. The molecule has 1 heterocycles. The fourth-order valence-corrected chi connectivity index (χ4v) is 0.688. The third-order valence-corrected chi connectivity index (χ3v) is 1.25. The third kappa shape index (κ3) is 1.51. The van der Waals surface area contributed by atoms with Gasteiger partial charge in [-0.15, -0.1) is 0 Å². The molecule has 0 bridgehead atoms. The second-order valence-corrected chi connectivity index (χ2v) is 2.10. The molecule has 0 saturated heterocycles. The van der Waals surface area contributed by atoms with Crippen LogP contribution in [0.25, 0.3) is 0 Å². The molecule has 0 atom stereocenters. The minimum absolute atomic E-state index is 0.549. The SMILES string of the molecule is O=C(Cl)c1cncc(F)c1F. The topological polar surface area (TPSA) is 30.0 Å². The Balaban J connectivity index is 3.27. The lowest BCUT2D eigenvalue weighted by molar-refractivity contribution is 0.107. The lowest BCUT2D eigenvalue weighted by Crippen LogP contribution is -1.98. The maximum atomic E-state index is 12.5. The summed E-state index contributed by atoms with van der Waals surface area (Å²) in [6, 6.07) is 0. The molecule has 1 aromatic heterocycles. The maximum Gasteiger partial charge on any atom is 0.257 e. The summed E-state index contributed by atoms with van der Waals surface area (Å²) in [7, 11) is 0. The highest BCUT2D eigenvalue weighted by atomic mass is 35.5. The first-order valence-corrected chi connectivity index (χ1v) is 2.99. The van der Waals surface area contributed by atoms with Crippen LogP contribution in [0.4, 0.5) is 8.78 Å². The van der Waals surface area contributed by atoms with E-state index in [0.717, 1.165) is 6.20 Å². The van der Waals surface area contributed by atoms with Crippen LogP contribution >= 0.6 is 11.6 Å². The zero-order valence-corrected chi connectivity index (χ0v) is 5.90. The van der Waals surface area contributed by atoms with Crippen LogP contribution in [0.1, 0.15) is 10.4 Å². The summed E-state index contributed by atoms with van der Waals surface area (Å²) >= 11 is 4.89. The van der Waals surface area contributed by atoms with Crippen molar-refractivity contribution in [1.82, 2.24) is 4.98 Å². The van der Waals surface area contributed by atoms with Gasteiger partial charge in [-0.1, -0.05) is 0 Å².